The van der Waals surface area contributed by atoms with Crippen molar-refractivity contribution in [2.75, 3.05) is 6.61 Å². The van der Waals surface area contributed by atoms with Gasteiger partial charge >= 0.3 is 11.9 Å². The second kappa shape index (κ2) is 14.4. The zero-order chi connectivity index (χ0) is 35.5. The third-order valence-corrected chi connectivity index (χ3v) is 9.52. The van der Waals surface area contributed by atoms with Crippen molar-refractivity contribution in [2.24, 2.45) is 4.99 Å². The van der Waals surface area contributed by atoms with Crippen LogP contribution in [-0.4, -0.2) is 28.0 Å². The van der Waals surface area contributed by atoms with Gasteiger partial charge in [-0.05, 0) is 65.4 Å². The average molecular weight is 690 g/mol. The lowest BCUT2D eigenvalue weighted by molar-refractivity contribution is -0.384. The molecule has 4 aromatic carbocycles. The van der Waals surface area contributed by atoms with Crippen molar-refractivity contribution in [3.63, 3.8) is 0 Å². The van der Waals surface area contributed by atoms with Gasteiger partial charge in [-0.2, -0.15) is 0 Å². The van der Waals surface area contributed by atoms with Gasteiger partial charge in [-0.25, -0.2) is 14.6 Å². The third-order valence-electron chi connectivity index (χ3n) is 8.53. The highest BCUT2D eigenvalue weighted by Crippen LogP contribution is 2.34. The van der Waals surface area contributed by atoms with Gasteiger partial charge in [-0.15, -0.1) is 0 Å². The van der Waals surface area contributed by atoms with Gasteiger partial charge < -0.3 is 9.47 Å². The molecule has 254 valence electrons. The molecule has 0 N–H and O–H groups in total. The van der Waals surface area contributed by atoms with Crippen molar-refractivity contribution < 1.29 is 24.0 Å². The molecule has 0 spiro atoms. The number of ether oxygens (including phenoxy) is 2. The molecule has 0 bridgehead atoms. The molecule has 1 aromatic heterocycles. The van der Waals surface area contributed by atoms with Crippen molar-refractivity contribution in [3.8, 4) is 5.75 Å². The highest BCUT2D eigenvalue weighted by molar-refractivity contribution is 7.07. The molecular weight excluding hydrogens is 655 g/mol. The third kappa shape index (κ3) is 6.64. The smallest absolute Gasteiger partial charge is 0.343 e. The fourth-order valence-corrected chi connectivity index (χ4v) is 7.02. The maximum absolute atomic E-state index is 14.5. The number of nitrogens with zero attached hydrogens (tertiary/aromatic N) is 3. The van der Waals surface area contributed by atoms with Crippen molar-refractivity contribution in [2.45, 2.75) is 52.5 Å². The molecule has 0 radical (unpaired) electrons. The Labute approximate surface area is 291 Å². The van der Waals surface area contributed by atoms with E-state index >= 15 is 0 Å². The number of non-ortho nitro benzene ring substituents is 1. The van der Waals surface area contributed by atoms with E-state index in [2.05, 4.69) is 13.8 Å². The number of allylic oxidation sites excluding steroid dienone is 1. The number of hydrogen-bond donors (Lipinski definition) is 0. The Morgan fingerprint density at radius 3 is 2.36 bits per heavy atom. The van der Waals surface area contributed by atoms with Crippen LogP contribution in [0.1, 0.15) is 79.5 Å². The van der Waals surface area contributed by atoms with Crippen molar-refractivity contribution >= 4 is 45.8 Å². The maximum Gasteiger partial charge on any atom is 0.343 e. The van der Waals surface area contributed by atoms with Crippen LogP contribution in [0, 0.1) is 10.1 Å². The van der Waals surface area contributed by atoms with E-state index < -0.39 is 22.9 Å². The lowest BCUT2D eigenvalue weighted by Gasteiger charge is -2.26. The predicted octanol–water partition coefficient (Wildman–Crippen LogP) is 6.98. The molecule has 0 unspecified atom stereocenters. The largest absolute Gasteiger partial charge is 0.463 e. The SMILES string of the molecule is CCCC1=C(C(=O)OCC)[C@@H](c2ccc(C(C)C)cc2)n2c(s/c(=C\c3c(OC(=O)c4ccc([N+](=O)[O-])cc4)ccc4ccccc34)c2=O)=N1. The van der Waals surface area contributed by atoms with Crippen LogP contribution in [0.5, 0.6) is 5.75 Å². The summed E-state index contributed by atoms with van der Waals surface area (Å²) in [5.41, 5.74) is 2.94. The fourth-order valence-electron chi connectivity index (χ4n) is 6.02. The number of nitro groups is 1. The zero-order valence-electron chi connectivity index (χ0n) is 28.0. The van der Waals surface area contributed by atoms with Crippen LogP contribution >= 0.6 is 11.3 Å². The minimum absolute atomic E-state index is 0.132. The quantitative estimate of drug-likeness (QED) is 0.0669. The second-order valence-electron chi connectivity index (χ2n) is 12.1. The average Bonchev–Trinajstić information content (AvgIpc) is 3.42. The van der Waals surface area contributed by atoms with Gasteiger partial charge in [-0.1, -0.05) is 93.1 Å². The summed E-state index contributed by atoms with van der Waals surface area (Å²) in [6.07, 6.45) is 2.94. The first kappa shape index (κ1) is 34.2. The Hall–Kier alpha value is -5.68. The summed E-state index contributed by atoms with van der Waals surface area (Å²) >= 11 is 1.19. The monoisotopic (exact) mass is 689 g/mol. The minimum atomic E-state index is -0.762. The van der Waals surface area contributed by atoms with Gasteiger partial charge in [-0.3, -0.25) is 19.5 Å². The van der Waals surface area contributed by atoms with Crippen molar-refractivity contribution in [1.29, 1.82) is 0 Å². The predicted molar refractivity (Wildman–Crippen MR) is 192 cm³/mol. The summed E-state index contributed by atoms with van der Waals surface area (Å²) in [7, 11) is 0. The second-order valence-corrected chi connectivity index (χ2v) is 13.1. The summed E-state index contributed by atoms with van der Waals surface area (Å²) in [5, 5.41) is 12.7. The molecule has 1 atom stereocenters. The highest BCUT2D eigenvalue weighted by Gasteiger charge is 2.34. The van der Waals surface area contributed by atoms with Crippen LogP contribution in [-0.2, 0) is 9.53 Å². The number of thiazole rings is 1. The van der Waals surface area contributed by atoms with E-state index in [-0.39, 0.29) is 29.2 Å². The summed E-state index contributed by atoms with van der Waals surface area (Å²) in [6, 6.07) is 23.3. The van der Waals surface area contributed by atoms with Crippen LogP contribution in [0.4, 0.5) is 5.69 Å². The van der Waals surface area contributed by atoms with E-state index in [0.29, 0.717) is 38.5 Å². The van der Waals surface area contributed by atoms with Gasteiger partial charge in [0.1, 0.15) is 5.75 Å². The molecule has 0 saturated carbocycles. The number of carbonyl (C=O) groups is 2. The van der Waals surface area contributed by atoms with Crippen LogP contribution < -0.4 is 19.6 Å². The number of nitro benzene ring substituents is 1. The molecule has 10 nitrogen and oxygen atoms in total. The molecule has 6 rings (SSSR count). The Balaban J connectivity index is 1.54. The van der Waals surface area contributed by atoms with Crippen molar-refractivity contribution in [1.82, 2.24) is 4.57 Å². The van der Waals surface area contributed by atoms with Gasteiger partial charge in [0.25, 0.3) is 11.2 Å². The van der Waals surface area contributed by atoms with Gasteiger partial charge in [0.15, 0.2) is 4.80 Å². The molecule has 0 aliphatic carbocycles. The van der Waals surface area contributed by atoms with E-state index in [1.807, 2.05) is 61.5 Å². The Morgan fingerprint density at radius 2 is 1.70 bits per heavy atom. The van der Waals surface area contributed by atoms with Crippen LogP contribution in [0.3, 0.4) is 0 Å². The highest BCUT2D eigenvalue weighted by atomic mass is 32.1. The molecular formula is C39H35N3O7S. The summed E-state index contributed by atoms with van der Waals surface area (Å²) in [4.78, 5) is 57.2. The van der Waals surface area contributed by atoms with E-state index in [9.17, 15) is 24.5 Å². The van der Waals surface area contributed by atoms with Gasteiger partial charge in [0.05, 0.1) is 38.9 Å². The lowest BCUT2D eigenvalue weighted by atomic mass is 9.92. The number of aromatic nitrogens is 1. The number of esters is 2. The molecule has 50 heavy (non-hydrogen) atoms. The Morgan fingerprint density at radius 1 is 0.980 bits per heavy atom. The number of benzene rings is 4. The first-order chi connectivity index (χ1) is 24.1. The van der Waals surface area contributed by atoms with Gasteiger partial charge in [0, 0.05) is 17.7 Å². The fraction of sp³-hybridized carbons (Fsp3) is 0.231. The van der Waals surface area contributed by atoms with Crippen LogP contribution in [0.2, 0.25) is 0 Å². The van der Waals surface area contributed by atoms with E-state index in [0.717, 1.165) is 28.3 Å². The zero-order valence-corrected chi connectivity index (χ0v) is 28.9. The van der Waals surface area contributed by atoms with E-state index in [1.54, 1.807) is 23.6 Å². The molecule has 0 amide bonds. The Kier molecular flexibility index (Phi) is 9.87. The van der Waals surface area contributed by atoms with Crippen LogP contribution in [0.25, 0.3) is 16.8 Å². The van der Waals surface area contributed by atoms with E-state index in [4.69, 9.17) is 14.5 Å². The summed E-state index contributed by atoms with van der Waals surface area (Å²) < 4.78 is 13.3. The topological polar surface area (TPSA) is 130 Å². The van der Waals surface area contributed by atoms with Crippen molar-refractivity contribution in [3.05, 3.63) is 148 Å². The number of rotatable bonds is 10. The first-order valence-electron chi connectivity index (χ1n) is 16.4. The standard InChI is InChI=1S/C39H35N3O7S/c1-5-9-31-34(38(45)48-6-2)35(26-14-12-24(13-15-26)23(3)4)41-36(43)33(50-39(41)40-31)22-30-29-11-8-7-10-25(29)18-21-32(30)49-37(44)27-16-19-28(20-17-27)42(46)47/h7-8,10-23,35H,5-6,9H2,1-4H3/b33-22-/t35-/m1/s1. The molecule has 11 heteroatoms. The Bertz CT molecular complexity index is 2340. The molecule has 1 aliphatic rings. The lowest BCUT2D eigenvalue weighted by Crippen LogP contribution is -2.40. The normalized spacial score (nSPS) is 14.4. The molecule has 5 aromatic rings. The molecule has 1 aliphatic heterocycles. The summed E-state index contributed by atoms with van der Waals surface area (Å²) in [5.74, 6) is -0.718. The van der Waals surface area contributed by atoms with Crippen LogP contribution in [0.15, 0.2) is 106 Å². The molecule has 0 saturated heterocycles. The number of fused-ring (bicyclic) bond motifs is 2. The van der Waals surface area contributed by atoms with E-state index in [1.165, 1.54) is 35.6 Å². The van der Waals surface area contributed by atoms with Gasteiger partial charge in [0.2, 0.25) is 0 Å². The summed E-state index contributed by atoms with van der Waals surface area (Å²) in [6.45, 7) is 8.13. The maximum atomic E-state index is 14.5. The molecule has 2 heterocycles. The number of hydrogen-bond acceptors (Lipinski definition) is 9. The molecule has 0 fully saturated rings. The first-order valence-corrected chi connectivity index (χ1v) is 17.2. The number of carbonyl (C=O) groups excluding carboxylic acids is 2. The minimum Gasteiger partial charge on any atom is -0.463 e.